The van der Waals surface area contributed by atoms with Gasteiger partial charge in [-0.05, 0) is 19.8 Å². The molecule has 8 heteroatoms. The third-order valence-corrected chi connectivity index (χ3v) is 3.52. The van der Waals surface area contributed by atoms with E-state index in [1.807, 2.05) is 0 Å². The molecule has 20 heavy (non-hydrogen) atoms. The summed E-state index contributed by atoms with van der Waals surface area (Å²) in [6.07, 6.45) is 2.94. The first kappa shape index (κ1) is 14.4. The van der Waals surface area contributed by atoms with Crippen molar-refractivity contribution in [1.29, 1.82) is 0 Å². The summed E-state index contributed by atoms with van der Waals surface area (Å²) in [6.45, 7) is 1.57. The second-order valence-electron chi connectivity index (χ2n) is 4.94. The maximum atomic E-state index is 11.2. The molecular weight excluding hydrogens is 262 g/mol. The Labute approximate surface area is 116 Å². The molecule has 1 saturated carbocycles. The summed E-state index contributed by atoms with van der Waals surface area (Å²) in [6, 6.07) is -0.207. The highest BCUT2D eigenvalue weighted by Gasteiger charge is 2.28. The SMILES string of the molecule is CNc1nc(C)c([N+](=O)[O-])c(NC2CCCCC2O)n1. The Kier molecular flexibility index (Phi) is 4.33. The summed E-state index contributed by atoms with van der Waals surface area (Å²) in [5, 5.41) is 26.9. The van der Waals surface area contributed by atoms with Gasteiger partial charge in [-0.2, -0.15) is 4.98 Å². The van der Waals surface area contributed by atoms with Crippen LogP contribution in [0.1, 0.15) is 31.4 Å². The van der Waals surface area contributed by atoms with Gasteiger partial charge < -0.3 is 15.7 Å². The second kappa shape index (κ2) is 6.00. The number of aliphatic hydroxyl groups is 1. The molecule has 1 aromatic rings. The van der Waals surface area contributed by atoms with E-state index in [1.165, 1.54) is 0 Å². The van der Waals surface area contributed by atoms with Crippen LogP contribution in [0, 0.1) is 17.0 Å². The molecule has 2 atom stereocenters. The lowest BCUT2D eigenvalue weighted by molar-refractivity contribution is -0.385. The van der Waals surface area contributed by atoms with Crippen molar-refractivity contribution < 1.29 is 10.0 Å². The first-order valence-corrected chi connectivity index (χ1v) is 6.68. The lowest BCUT2D eigenvalue weighted by Crippen LogP contribution is -2.36. The highest BCUT2D eigenvalue weighted by Crippen LogP contribution is 2.29. The van der Waals surface area contributed by atoms with Crippen LogP contribution < -0.4 is 10.6 Å². The van der Waals surface area contributed by atoms with E-state index < -0.39 is 11.0 Å². The van der Waals surface area contributed by atoms with Gasteiger partial charge in [0.25, 0.3) is 0 Å². The van der Waals surface area contributed by atoms with E-state index in [1.54, 1.807) is 14.0 Å². The number of aliphatic hydroxyl groups excluding tert-OH is 1. The summed E-state index contributed by atoms with van der Waals surface area (Å²) in [5.74, 6) is 0.485. The first-order chi connectivity index (χ1) is 9.52. The molecule has 3 N–H and O–H groups in total. The molecule has 1 aromatic heterocycles. The monoisotopic (exact) mass is 281 g/mol. The quantitative estimate of drug-likeness (QED) is 0.565. The summed E-state index contributed by atoms with van der Waals surface area (Å²) in [4.78, 5) is 18.8. The number of hydrogen-bond acceptors (Lipinski definition) is 7. The molecule has 2 rings (SSSR count). The Hall–Kier alpha value is -1.96. The molecule has 0 radical (unpaired) electrons. The molecule has 2 unspecified atom stereocenters. The van der Waals surface area contributed by atoms with Crippen LogP contribution in [-0.4, -0.2) is 39.2 Å². The van der Waals surface area contributed by atoms with E-state index in [4.69, 9.17) is 0 Å². The number of hydrogen-bond donors (Lipinski definition) is 3. The highest BCUT2D eigenvalue weighted by atomic mass is 16.6. The average Bonchev–Trinajstić information content (AvgIpc) is 2.40. The Morgan fingerprint density at radius 2 is 2.05 bits per heavy atom. The van der Waals surface area contributed by atoms with Crippen molar-refractivity contribution in [2.75, 3.05) is 17.7 Å². The van der Waals surface area contributed by atoms with Crippen molar-refractivity contribution in [2.45, 2.75) is 44.8 Å². The first-order valence-electron chi connectivity index (χ1n) is 6.68. The minimum absolute atomic E-state index is 0.137. The molecule has 0 aliphatic heterocycles. The van der Waals surface area contributed by atoms with Crippen LogP contribution in [0.4, 0.5) is 17.5 Å². The smallest absolute Gasteiger partial charge is 0.332 e. The van der Waals surface area contributed by atoms with Gasteiger partial charge in [0, 0.05) is 7.05 Å². The number of rotatable bonds is 4. The van der Waals surface area contributed by atoms with Gasteiger partial charge in [0.1, 0.15) is 5.69 Å². The van der Waals surface area contributed by atoms with Gasteiger partial charge in [-0.15, -0.1) is 0 Å². The summed E-state index contributed by atoms with van der Waals surface area (Å²) >= 11 is 0. The molecule has 1 aliphatic rings. The van der Waals surface area contributed by atoms with Crippen LogP contribution in [0.15, 0.2) is 0 Å². The lowest BCUT2D eigenvalue weighted by atomic mass is 9.92. The average molecular weight is 281 g/mol. The van der Waals surface area contributed by atoms with E-state index in [-0.39, 0.29) is 17.5 Å². The van der Waals surface area contributed by atoms with Crippen molar-refractivity contribution >= 4 is 17.5 Å². The van der Waals surface area contributed by atoms with Gasteiger partial charge in [0.05, 0.1) is 17.1 Å². The lowest BCUT2D eigenvalue weighted by Gasteiger charge is -2.28. The summed E-state index contributed by atoms with van der Waals surface area (Å²) < 4.78 is 0. The fraction of sp³-hybridized carbons (Fsp3) is 0.667. The second-order valence-corrected chi connectivity index (χ2v) is 4.94. The van der Waals surface area contributed by atoms with Crippen LogP contribution in [-0.2, 0) is 0 Å². The minimum Gasteiger partial charge on any atom is -0.391 e. The largest absolute Gasteiger partial charge is 0.391 e. The topological polar surface area (TPSA) is 113 Å². The molecule has 0 aromatic carbocycles. The van der Waals surface area contributed by atoms with Gasteiger partial charge in [-0.3, -0.25) is 10.1 Å². The van der Waals surface area contributed by atoms with Crippen molar-refractivity contribution in [3.8, 4) is 0 Å². The van der Waals surface area contributed by atoms with Crippen molar-refractivity contribution in [3.05, 3.63) is 15.8 Å². The van der Waals surface area contributed by atoms with Gasteiger partial charge in [0.15, 0.2) is 0 Å². The van der Waals surface area contributed by atoms with Gasteiger partial charge in [-0.25, -0.2) is 4.98 Å². The van der Waals surface area contributed by atoms with Crippen LogP contribution in [0.5, 0.6) is 0 Å². The Morgan fingerprint density at radius 3 is 2.65 bits per heavy atom. The van der Waals surface area contributed by atoms with E-state index in [0.29, 0.717) is 18.1 Å². The normalized spacial score (nSPS) is 22.4. The predicted molar refractivity (Wildman–Crippen MR) is 74.9 cm³/mol. The third kappa shape index (κ3) is 2.96. The molecule has 0 amide bonds. The van der Waals surface area contributed by atoms with E-state index in [2.05, 4.69) is 20.6 Å². The maximum absolute atomic E-state index is 11.2. The number of aryl methyl sites for hydroxylation is 1. The Balaban J connectivity index is 2.33. The Morgan fingerprint density at radius 1 is 1.35 bits per heavy atom. The minimum atomic E-state index is -0.503. The maximum Gasteiger partial charge on any atom is 0.332 e. The zero-order valence-electron chi connectivity index (χ0n) is 11.6. The molecule has 1 fully saturated rings. The predicted octanol–water partition coefficient (Wildman–Crippen LogP) is 1.45. The number of nitro groups is 1. The molecule has 0 saturated heterocycles. The highest BCUT2D eigenvalue weighted by molar-refractivity contribution is 5.61. The zero-order chi connectivity index (χ0) is 14.7. The van der Waals surface area contributed by atoms with E-state index >= 15 is 0 Å². The number of nitrogens with one attached hydrogen (secondary N) is 2. The van der Waals surface area contributed by atoms with Crippen LogP contribution in [0.25, 0.3) is 0 Å². The standard InChI is InChI=1S/C12H19N5O3/c1-7-10(17(19)20)11(16-12(13-2)14-7)15-8-5-3-4-6-9(8)18/h8-9,18H,3-6H2,1-2H3,(H2,13,14,15,16). The molecule has 1 heterocycles. The third-order valence-electron chi connectivity index (χ3n) is 3.52. The fourth-order valence-electron chi connectivity index (χ4n) is 2.45. The zero-order valence-corrected chi connectivity index (χ0v) is 11.6. The number of anilines is 2. The van der Waals surface area contributed by atoms with Crippen molar-refractivity contribution in [2.24, 2.45) is 0 Å². The molecule has 8 nitrogen and oxygen atoms in total. The number of nitrogens with zero attached hydrogens (tertiary/aromatic N) is 3. The van der Waals surface area contributed by atoms with Crippen LogP contribution in [0.2, 0.25) is 0 Å². The van der Waals surface area contributed by atoms with Gasteiger partial charge in [-0.1, -0.05) is 12.8 Å². The summed E-state index contributed by atoms with van der Waals surface area (Å²) in [5.41, 5.74) is 0.156. The van der Waals surface area contributed by atoms with E-state index in [9.17, 15) is 15.2 Å². The van der Waals surface area contributed by atoms with Crippen LogP contribution >= 0.6 is 0 Å². The Bertz CT molecular complexity index is 508. The molecule has 0 bridgehead atoms. The van der Waals surface area contributed by atoms with E-state index in [0.717, 1.165) is 19.3 Å². The van der Waals surface area contributed by atoms with Crippen molar-refractivity contribution in [1.82, 2.24) is 9.97 Å². The summed E-state index contributed by atoms with van der Waals surface area (Å²) in [7, 11) is 1.65. The van der Waals surface area contributed by atoms with Crippen LogP contribution in [0.3, 0.4) is 0 Å². The van der Waals surface area contributed by atoms with Gasteiger partial charge >= 0.3 is 5.69 Å². The molecule has 1 aliphatic carbocycles. The van der Waals surface area contributed by atoms with Gasteiger partial charge in [0.2, 0.25) is 11.8 Å². The number of aromatic nitrogens is 2. The van der Waals surface area contributed by atoms with Crippen molar-refractivity contribution in [3.63, 3.8) is 0 Å². The molecule has 0 spiro atoms. The molecular formula is C12H19N5O3. The molecule has 110 valence electrons. The fourth-order valence-corrected chi connectivity index (χ4v) is 2.45.